The van der Waals surface area contributed by atoms with Crippen LogP contribution in [0, 0.1) is 0 Å². The molecule has 0 fully saturated rings. The molecule has 0 aliphatic rings. The molecule has 0 amide bonds. The van der Waals surface area contributed by atoms with E-state index in [9.17, 15) is 4.79 Å². The van der Waals surface area contributed by atoms with E-state index in [1.165, 1.54) is 6.07 Å². The van der Waals surface area contributed by atoms with E-state index in [1.54, 1.807) is 44.6 Å². The molecule has 2 aromatic heterocycles. The van der Waals surface area contributed by atoms with Crippen molar-refractivity contribution in [3.05, 3.63) is 80.8 Å². The second-order valence-corrected chi connectivity index (χ2v) is 6.24. The van der Waals surface area contributed by atoms with Gasteiger partial charge in [-0.3, -0.25) is 4.79 Å². The van der Waals surface area contributed by atoms with Crippen molar-refractivity contribution in [3.8, 4) is 17.4 Å². The van der Waals surface area contributed by atoms with E-state index in [4.69, 9.17) is 37.4 Å². The lowest BCUT2D eigenvalue weighted by Crippen LogP contribution is -2.03. The van der Waals surface area contributed by atoms with Gasteiger partial charge in [-0.2, -0.15) is 0 Å². The first-order chi connectivity index (χ1) is 13.5. The number of methoxy groups -OCH3 is 2. The third kappa shape index (κ3) is 7.13. The Morgan fingerprint density at radius 2 is 1.71 bits per heavy atom. The zero-order valence-corrected chi connectivity index (χ0v) is 17.0. The molecule has 1 aromatic carbocycles. The van der Waals surface area contributed by atoms with Gasteiger partial charge < -0.3 is 19.2 Å². The Labute approximate surface area is 173 Å². The van der Waals surface area contributed by atoms with Gasteiger partial charge in [-0.05, 0) is 29.8 Å². The Balaban J connectivity index is 0.000000292. The van der Waals surface area contributed by atoms with Crippen LogP contribution in [0.5, 0.6) is 17.4 Å². The van der Waals surface area contributed by atoms with Crippen molar-refractivity contribution in [2.24, 2.45) is 0 Å². The minimum absolute atomic E-state index is 0.169. The van der Waals surface area contributed by atoms with E-state index < -0.39 is 0 Å². The number of benzene rings is 1. The lowest BCUT2D eigenvalue weighted by atomic mass is 10.1. The number of aromatic nitrogens is 2. The maximum Gasteiger partial charge on any atom is 0.249 e. The van der Waals surface area contributed by atoms with Crippen molar-refractivity contribution >= 4 is 23.2 Å². The molecule has 28 heavy (non-hydrogen) atoms. The summed E-state index contributed by atoms with van der Waals surface area (Å²) in [5.74, 6) is 1.96. The molecule has 6 nitrogen and oxygen atoms in total. The number of hydrogen-bond acceptors (Lipinski definition) is 5. The van der Waals surface area contributed by atoms with Crippen LogP contribution < -0.4 is 19.8 Å². The summed E-state index contributed by atoms with van der Waals surface area (Å²) in [5, 5.41) is 0.797. The molecule has 0 atom stereocenters. The van der Waals surface area contributed by atoms with Crippen molar-refractivity contribution in [2.45, 2.75) is 6.42 Å². The molecule has 0 aliphatic carbocycles. The molecule has 0 aliphatic heterocycles. The molecule has 3 rings (SSSR count). The zero-order chi connectivity index (χ0) is 20.4. The van der Waals surface area contributed by atoms with Gasteiger partial charge in [0.25, 0.3) is 0 Å². The average molecular weight is 423 g/mol. The summed E-state index contributed by atoms with van der Waals surface area (Å²) < 4.78 is 16.0. The van der Waals surface area contributed by atoms with Crippen molar-refractivity contribution in [1.82, 2.24) is 9.97 Å². The fourth-order valence-electron chi connectivity index (χ4n) is 2.20. The summed E-state index contributed by atoms with van der Waals surface area (Å²) in [4.78, 5) is 16.8. The molecule has 2 heterocycles. The van der Waals surface area contributed by atoms with Crippen molar-refractivity contribution in [1.29, 1.82) is 0 Å². The maximum absolute atomic E-state index is 10.4. The molecule has 148 valence electrons. The number of pyridine rings is 2. The lowest BCUT2D eigenvalue weighted by Gasteiger charge is -2.10. The molecule has 0 saturated carbocycles. The molecule has 3 aromatic rings. The van der Waals surface area contributed by atoms with E-state index in [0.717, 1.165) is 12.0 Å². The van der Waals surface area contributed by atoms with Crippen LogP contribution in [0.15, 0.2) is 59.4 Å². The van der Waals surface area contributed by atoms with Crippen molar-refractivity contribution in [2.75, 3.05) is 20.8 Å². The number of H-pyrrole nitrogens is 1. The molecular formula is C20H20Cl2N2O4. The highest BCUT2D eigenvalue weighted by atomic mass is 35.5. The monoisotopic (exact) mass is 422 g/mol. The summed E-state index contributed by atoms with van der Waals surface area (Å²) in [5.41, 5.74) is 0.933. The number of aromatic amines is 1. The third-order valence-electron chi connectivity index (χ3n) is 3.51. The van der Waals surface area contributed by atoms with E-state index in [-0.39, 0.29) is 5.56 Å². The molecule has 0 saturated heterocycles. The standard InChI is InChI=1S/C15H16ClNO3.C5H4ClNO/c1-18-12-7-6-11(10-13(12)19-2)8-9-20-15-5-3-4-14(16)17-15;6-4-2-1-3-5(8)7-4/h3-7,10H,8-9H2,1-2H3;1-3H,(H,7,8). The van der Waals surface area contributed by atoms with Crippen LogP contribution in [0.1, 0.15) is 5.56 Å². The highest BCUT2D eigenvalue weighted by Gasteiger charge is 2.05. The van der Waals surface area contributed by atoms with Gasteiger partial charge in [0, 0.05) is 18.6 Å². The topological polar surface area (TPSA) is 73.4 Å². The molecular weight excluding hydrogens is 403 g/mol. The molecule has 0 spiro atoms. The van der Waals surface area contributed by atoms with Crippen LogP contribution in [-0.2, 0) is 6.42 Å². The second kappa shape index (κ2) is 11.2. The van der Waals surface area contributed by atoms with Crippen molar-refractivity contribution < 1.29 is 14.2 Å². The summed E-state index contributed by atoms with van der Waals surface area (Å²) >= 11 is 11.2. The van der Waals surface area contributed by atoms with E-state index in [1.807, 2.05) is 18.2 Å². The number of rotatable bonds is 6. The van der Waals surface area contributed by atoms with Crippen LogP contribution in [-0.4, -0.2) is 30.8 Å². The summed E-state index contributed by atoms with van der Waals surface area (Å²) in [6.07, 6.45) is 0.745. The van der Waals surface area contributed by atoms with E-state index in [0.29, 0.717) is 34.3 Å². The number of nitrogens with one attached hydrogen (secondary N) is 1. The molecule has 0 bridgehead atoms. The number of hydrogen-bond donors (Lipinski definition) is 1. The van der Waals surface area contributed by atoms with Crippen LogP contribution in [0.3, 0.4) is 0 Å². The number of ether oxygens (including phenoxy) is 3. The Bertz CT molecular complexity index is 947. The second-order valence-electron chi connectivity index (χ2n) is 5.45. The largest absolute Gasteiger partial charge is 0.493 e. The fraction of sp³-hybridized carbons (Fsp3) is 0.200. The molecule has 1 N–H and O–H groups in total. The molecule has 8 heteroatoms. The van der Waals surface area contributed by atoms with Gasteiger partial charge in [0.1, 0.15) is 10.3 Å². The average Bonchev–Trinajstić information content (AvgIpc) is 2.68. The van der Waals surface area contributed by atoms with Crippen LogP contribution in [0.25, 0.3) is 0 Å². The predicted octanol–water partition coefficient (Wildman–Crippen LogP) is 4.40. The predicted molar refractivity (Wildman–Crippen MR) is 110 cm³/mol. The summed E-state index contributed by atoms with van der Waals surface area (Å²) in [6.45, 7) is 0.517. The Morgan fingerprint density at radius 3 is 2.32 bits per heavy atom. The SMILES string of the molecule is COc1ccc(CCOc2cccc(Cl)n2)cc1OC.O=c1cccc(Cl)[nH]1. The Hall–Kier alpha value is -2.70. The highest BCUT2D eigenvalue weighted by molar-refractivity contribution is 6.29. The number of halogens is 2. The first-order valence-corrected chi connectivity index (χ1v) is 9.08. The summed E-state index contributed by atoms with van der Waals surface area (Å²) in [6, 6.07) is 15.7. The minimum atomic E-state index is -0.169. The highest BCUT2D eigenvalue weighted by Crippen LogP contribution is 2.27. The smallest absolute Gasteiger partial charge is 0.249 e. The molecule has 0 radical (unpaired) electrons. The Morgan fingerprint density at radius 1 is 0.964 bits per heavy atom. The van der Waals surface area contributed by atoms with Gasteiger partial charge in [-0.15, -0.1) is 0 Å². The van der Waals surface area contributed by atoms with Gasteiger partial charge in [0.05, 0.1) is 20.8 Å². The van der Waals surface area contributed by atoms with Crippen LogP contribution in [0.4, 0.5) is 0 Å². The summed E-state index contributed by atoms with van der Waals surface area (Å²) in [7, 11) is 3.24. The zero-order valence-electron chi connectivity index (χ0n) is 15.4. The van der Waals surface area contributed by atoms with Crippen molar-refractivity contribution in [3.63, 3.8) is 0 Å². The van der Waals surface area contributed by atoms with Crippen LogP contribution in [0.2, 0.25) is 10.3 Å². The minimum Gasteiger partial charge on any atom is -0.493 e. The molecule has 0 unspecified atom stereocenters. The maximum atomic E-state index is 10.4. The van der Waals surface area contributed by atoms with Gasteiger partial charge in [0.15, 0.2) is 11.5 Å². The van der Waals surface area contributed by atoms with Crippen LogP contribution >= 0.6 is 23.2 Å². The first kappa shape index (κ1) is 21.6. The first-order valence-electron chi connectivity index (χ1n) is 8.33. The number of nitrogens with zero attached hydrogens (tertiary/aromatic N) is 1. The lowest BCUT2D eigenvalue weighted by molar-refractivity contribution is 0.309. The van der Waals surface area contributed by atoms with Gasteiger partial charge in [0.2, 0.25) is 11.4 Å². The third-order valence-corrected chi connectivity index (χ3v) is 3.94. The van der Waals surface area contributed by atoms with Gasteiger partial charge in [-0.25, -0.2) is 4.98 Å². The Kier molecular flexibility index (Phi) is 8.65. The fourth-order valence-corrected chi connectivity index (χ4v) is 2.52. The van der Waals surface area contributed by atoms with E-state index >= 15 is 0 Å². The quantitative estimate of drug-likeness (QED) is 0.595. The normalized spacial score (nSPS) is 9.86. The van der Waals surface area contributed by atoms with Gasteiger partial charge >= 0.3 is 0 Å². The van der Waals surface area contributed by atoms with E-state index in [2.05, 4.69) is 9.97 Å². The van der Waals surface area contributed by atoms with Gasteiger partial charge in [-0.1, -0.05) is 41.4 Å².